The summed E-state index contributed by atoms with van der Waals surface area (Å²) in [7, 11) is 0. The number of nitrogens with one attached hydrogen (secondary N) is 2. The van der Waals surface area contributed by atoms with E-state index in [9.17, 15) is 4.79 Å². The summed E-state index contributed by atoms with van der Waals surface area (Å²) >= 11 is 0. The molecular weight excluding hydrogens is 323 g/mol. The third-order valence-electron chi connectivity index (χ3n) is 4.61. The van der Waals surface area contributed by atoms with Crippen LogP contribution in [0.4, 0.5) is 0 Å². The van der Waals surface area contributed by atoms with Gasteiger partial charge in [-0.3, -0.25) is 9.69 Å². The summed E-state index contributed by atoms with van der Waals surface area (Å²) in [6.07, 6.45) is 2.17. The Labute approximate surface area is 147 Å². The molecule has 0 unspecified atom stereocenters. The Morgan fingerprint density at radius 2 is 1.86 bits per heavy atom. The minimum Gasteiger partial charge on any atom is -0.352 e. The number of likely N-dealkylation sites (tertiary alicyclic amines) is 1. The van der Waals surface area contributed by atoms with Crippen LogP contribution in [0, 0.1) is 0 Å². The van der Waals surface area contributed by atoms with Gasteiger partial charge in [-0.25, -0.2) is 0 Å². The van der Waals surface area contributed by atoms with Gasteiger partial charge in [-0.15, -0.1) is 24.8 Å². The Balaban J connectivity index is 0.00000220. The Kier molecular flexibility index (Phi) is 10.6. The summed E-state index contributed by atoms with van der Waals surface area (Å²) < 4.78 is 0. The highest BCUT2D eigenvalue weighted by Crippen LogP contribution is 2.13. The number of hydrogen-bond donors (Lipinski definition) is 2. The van der Waals surface area contributed by atoms with Gasteiger partial charge in [0, 0.05) is 50.8 Å². The molecule has 7 heteroatoms. The third-order valence-corrected chi connectivity index (χ3v) is 4.61. The van der Waals surface area contributed by atoms with Crippen molar-refractivity contribution in [3.05, 3.63) is 0 Å². The van der Waals surface area contributed by atoms with Crippen molar-refractivity contribution in [1.82, 2.24) is 20.4 Å². The van der Waals surface area contributed by atoms with E-state index in [-0.39, 0.29) is 30.7 Å². The lowest BCUT2D eigenvalue weighted by Crippen LogP contribution is -2.54. The van der Waals surface area contributed by atoms with E-state index in [1.807, 2.05) is 0 Å². The van der Waals surface area contributed by atoms with Gasteiger partial charge in [0.05, 0.1) is 6.54 Å². The zero-order valence-electron chi connectivity index (χ0n) is 14.0. The predicted octanol–water partition coefficient (Wildman–Crippen LogP) is 1.11. The van der Waals surface area contributed by atoms with Crippen LogP contribution in [0.15, 0.2) is 0 Å². The first-order valence-corrected chi connectivity index (χ1v) is 8.04. The molecule has 2 aliphatic heterocycles. The van der Waals surface area contributed by atoms with Gasteiger partial charge in [0.1, 0.15) is 0 Å². The molecule has 22 heavy (non-hydrogen) atoms. The standard InChI is InChI=1S/C15H30N4O.2ClH/c1-12(2)18-7-4-14(5-8-18)17-15(20)11-19-9-6-16-10-13(19)3;;/h12-14,16H,4-11H2,1-3H3,(H,17,20);2*1H/t13-;;/m1../s1. The lowest BCUT2D eigenvalue weighted by atomic mass is 10.0. The molecule has 0 aromatic carbocycles. The Bertz CT molecular complexity index is 323. The highest BCUT2D eigenvalue weighted by molar-refractivity contribution is 5.85. The van der Waals surface area contributed by atoms with Crippen molar-refractivity contribution in [1.29, 1.82) is 0 Å². The Hall–Kier alpha value is -0.0700. The molecular formula is C15H32Cl2N4O. The lowest BCUT2D eigenvalue weighted by Gasteiger charge is -2.36. The molecule has 1 atom stereocenters. The number of hydrogen-bond acceptors (Lipinski definition) is 4. The Morgan fingerprint density at radius 1 is 1.23 bits per heavy atom. The van der Waals surface area contributed by atoms with Crippen molar-refractivity contribution < 1.29 is 4.79 Å². The van der Waals surface area contributed by atoms with Crippen LogP contribution in [0.3, 0.4) is 0 Å². The van der Waals surface area contributed by atoms with Gasteiger partial charge in [-0.05, 0) is 33.6 Å². The number of rotatable bonds is 4. The topological polar surface area (TPSA) is 47.6 Å². The molecule has 0 aromatic rings. The van der Waals surface area contributed by atoms with Crippen LogP contribution in [-0.4, -0.2) is 73.1 Å². The number of piperidine rings is 1. The molecule has 2 heterocycles. The molecule has 0 spiro atoms. The fourth-order valence-corrected chi connectivity index (χ4v) is 3.14. The van der Waals surface area contributed by atoms with Crippen LogP contribution >= 0.6 is 24.8 Å². The van der Waals surface area contributed by atoms with Gasteiger partial charge < -0.3 is 15.5 Å². The van der Waals surface area contributed by atoms with E-state index in [4.69, 9.17) is 0 Å². The van der Waals surface area contributed by atoms with E-state index in [1.54, 1.807) is 0 Å². The molecule has 5 nitrogen and oxygen atoms in total. The third kappa shape index (κ3) is 6.59. The van der Waals surface area contributed by atoms with Crippen molar-refractivity contribution in [2.24, 2.45) is 0 Å². The lowest BCUT2D eigenvalue weighted by molar-refractivity contribution is -0.124. The minimum atomic E-state index is 0. The maximum Gasteiger partial charge on any atom is 0.234 e. The van der Waals surface area contributed by atoms with Crippen molar-refractivity contribution >= 4 is 30.7 Å². The maximum atomic E-state index is 12.2. The van der Waals surface area contributed by atoms with Crippen molar-refractivity contribution in [2.45, 2.75) is 51.7 Å². The quantitative estimate of drug-likeness (QED) is 0.793. The van der Waals surface area contributed by atoms with Crippen molar-refractivity contribution in [2.75, 3.05) is 39.3 Å². The number of nitrogens with zero attached hydrogens (tertiary/aromatic N) is 2. The molecule has 2 rings (SSSR count). The Morgan fingerprint density at radius 3 is 2.41 bits per heavy atom. The van der Waals surface area contributed by atoms with Crippen LogP contribution in [0.2, 0.25) is 0 Å². The molecule has 2 N–H and O–H groups in total. The number of carbonyl (C=O) groups is 1. The monoisotopic (exact) mass is 354 g/mol. The SMILES string of the molecule is CC(C)N1CCC(NC(=O)CN2CCNC[C@H]2C)CC1.Cl.Cl. The smallest absolute Gasteiger partial charge is 0.234 e. The normalized spacial score (nSPS) is 24.5. The van der Waals surface area contributed by atoms with Gasteiger partial charge in [0.25, 0.3) is 0 Å². The number of halogens is 2. The number of carbonyl (C=O) groups excluding carboxylic acids is 1. The first-order chi connectivity index (χ1) is 9.56. The second-order valence-corrected chi connectivity index (χ2v) is 6.50. The van der Waals surface area contributed by atoms with Crippen LogP contribution in [0.5, 0.6) is 0 Å². The molecule has 2 saturated heterocycles. The number of amides is 1. The van der Waals surface area contributed by atoms with E-state index in [0.717, 1.165) is 45.6 Å². The van der Waals surface area contributed by atoms with E-state index < -0.39 is 0 Å². The first-order valence-electron chi connectivity index (χ1n) is 8.04. The molecule has 132 valence electrons. The zero-order valence-corrected chi connectivity index (χ0v) is 15.6. The molecule has 1 amide bonds. The summed E-state index contributed by atoms with van der Waals surface area (Å²) in [5, 5.41) is 6.57. The second kappa shape index (κ2) is 10.7. The second-order valence-electron chi connectivity index (χ2n) is 6.50. The van der Waals surface area contributed by atoms with E-state index in [0.29, 0.717) is 24.7 Å². The van der Waals surface area contributed by atoms with Gasteiger partial charge in [-0.1, -0.05) is 0 Å². The summed E-state index contributed by atoms with van der Waals surface area (Å²) in [6.45, 7) is 12.4. The van der Waals surface area contributed by atoms with Crippen LogP contribution < -0.4 is 10.6 Å². The fourth-order valence-electron chi connectivity index (χ4n) is 3.14. The molecule has 0 radical (unpaired) electrons. The largest absolute Gasteiger partial charge is 0.352 e. The van der Waals surface area contributed by atoms with Crippen LogP contribution in [0.25, 0.3) is 0 Å². The predicted molar refractivity (Wildman–Crippen MR) is 96.3 cm³/mol. The molecule has 0 saturated carbocycles. The van der Waals surface area contributed by atoms with Gasteiger partial charge >= 0.3 is 0 Å². The summed E-state index contributed by atoms with van der Waals surface area (Å²) in [5.41, 5.74) is 0. The van der Waals surface area contributed by atoms with Gasteiger partial charge in [0.2, 0.25) is 5.91 Å². The molecule has 2 aliphatic rings. The molecule has 0 aromatic heterocycles. The van der Waals surface area contributed by atoms with Crippen LogP contribution in [0.1, 0.15) is 33.6 Å². The first kappa shape index (κ1) is 21.9. The highest BCUT2D eigenvalue weighted by Gasteiger charge is 2.24. The maximum absolute atomic E-state index is 12.2. The summed E-state index contributed by atoms with van der Waals surface area (Å²) in [4.78, 5) is 16.9. The number of piperazine rings is 1. The van der Waals surface area contributed by atoms with Gasteiger partial charge in [-0.2, -0.15) is 0 Å². The average molecular weight is 355 g/mol. The van der Waals surface area contributed by atoms with Crippen molar-refractivity contribution in [3.63, 3.8) is 0 Å². The highest BCUT2D eigenvalue weighted by atomic mass is 35.5. The molecule has 2 fully saturated rings. The fraction of sp³-hybridized carbons (Fsp3) is 0.933. The van der Waals surface area contributed by atoms with Gasteiger partial charge in [0.15, 0.2) is 0 Å². The zero-order chi connectivity index (χ0) is 14.5. The summed E-state index contributed by atoms with van der Waals surface area (Å²) in [6, 6.07) is 1.45. The van der Waals surface area contributed by atoms with Crippen molar-refractivity contribution in [3.8, 4) is 0 Å². The average Bonchev–Trinajstić information content (AvgIpc) is 2.42. The molecule has 0 bridgehead atoms. The van der Waals surface area contributed by atoms with E-state index in [2.05, 4.69) is 41.2 Å². The van der Waals surface area contributed by atoms with Crippen LogP contribution in [-0.2, 0) is 4.79 Å². The van der Waals surface area contributed by atoms with E-state index in [1.165, 1.54) is 0 Å². The summed E-state index contributed by atoms with van der Waals surface area (Å²) in [5.74, 6) is 0.196. The molecule has 0 aliphatic carbocycles. The minimum absolute atomic E-state index is 0. The van der Waals surface area contributed by atoms with E-state index >= 15 is 0 Å².